The molecule has 1 atom stereocenters. The van der Waals surface area contributed by atoms with E-state index in [0.717, 1.165) is 43.9 Å². The van der Waals surface area contributed by atoms with Crippen LogP contribution in [0.25, 0.3) is 0 Å². The number of halogens is 2. The fourth-order valence-corrected chi connectivity index (χ4v) is 4.30. The number of carbonyl (C=O) groups excluding carboxylic acids is 1. The zero-order chi connectivity index (χ0) is 20.9. The van der Waals surface area contributed by atoms with Crippen molar-refractivity contribution in [2.45, 2.75) is 43.7 Å². The number of rotatable bonds is 6. The molecule has 1 heterocycles. The summed E-state index contributed by atoms with van der Waals surface area (Å²) in [6.45, 7) is 1.35. The van der Waals surface area contributed by atoms with Crippen LogP contribution in [0.1, 0.15) is 32.1 Å². The molecule has 1 saturated carbocycles. The maximum Gasteiger partial charge on any atom is 0.248 e. The van der Waals surface area contributed by atoms with Crippen LogP contribution in [0.15, 0.2) is 18.2 Å². The monoisotopic (exact) mass is 412 g/mol. The van der Waals surface area contributed by atoms with Crippen LogP contribution in [0.4, 0.5) is 8.78 Å². The Kier molecular flexibility index (Phi) is 7.43. The van der Waals surface area contributed by atoms with Gasteiger partial charge in [0, 0.05) is 51.0 Å². The van der Waals surface area contributed by atoms with Crippen molar-refractivity contribution in [1.29, 1.82) is 0 Å². The van der Waals surface area contributed by atoms with Gasteiger partial charge in [0.25, 0.3) is 0 Å². The van der Waals surface area contributed by atoms with Crippen molar-refractivity contribution < 1.29 is 28.2 Å². The third-order valence-corrected chi connectivity index (χ3v) is 5.69. The fraction of sp³-hybridized carbons (Fsp3) is 0.667. The van der Waals surface area contributed by atoms with E-state index in [9.17, 15) is 18.7 Å². The molecule has 1 N–H and O–H groups in total. The van der Waals surface area contributed by atoms with Gasteiger partial charge < -0.3 is 19.5 Å². The van der Waals surface area contributed by atoms with Gasteiger partial charge in [0.15, 0.2) is 0 Å². The van der Waals surface area contributed by atoms with Crippen LogP contribution in [0.3, 0.4) is 0 Å². The molecule has 3 rings (SSSR count). The van der Waals surface area contributed by atoms with Crippen LogP contribution >= 0.6 is 0 Å². The lowest BCUT2D eigenvalue weighted by Crippen LogP contribution is -2.54. The van der Waals surface area contributed by atoms with Crippen LogP contribution in [0.2, 0.25) is 0 Å². The maximum absolute atomic E-state index is 13.5. The van der Waals surface area contributed by atoms with E-state index in [1.807, 2.05) is 0 Å². The van der Waals surface area contributed by atoms with Crippen LogP contribution in [0, 0.1) is 11.6 Å². The molecule has 162 valence electrons. The fourth-order valence-electron chi connectivity index (χ4n) is 4.30. The second-order valence-corrected chi connectivity index (χ2v) is 8.13. The number of hydrogen-bond acceptors (Lipinski definition) is 5. The van der Waals surface area contributed by atoms with Crippen LogP contribution in [-0.4, -0.2) is 79.0 Å². The first-order valence-corrected chi connectivity index (χ1v) is 10.2. The topological polar surface area (TPSA) is 62.2 Å². The Morgan fingerprint density at radius 3 is 2.48 bits per heavy atom. The quantitative estimate of drug-likeness (QED) is 0.776. The van der Waals surface area contributed by atoms with Crippen molar-refractivity contribution in [3.05, 3.63) is 29.8 Å². The number of carbonyl (C=O) groups is 1. The highest BCUT2D eigenvalue weighted by molar-refractivity contribution is 5.77. The molecule has 0 radical (unpaired) electrons. The Morgan fingerprint density at radius 1 is 1.14 bits per heavy atom. The molecule has 0 spiro atoms. The molecule has 1 aromatic carbocycles. The van der Waals surface area contributed by atoms with E-state index in [-0.39, 0.29) is 31.4 Å². The number of β-amino-alcohol motifs (C(OH)–C–C–N with tert-alkyl or cyclic N) is 1. The average molecular weight is 412 g/mol. The minimum atomic E-state index is -1.36. The van der Waals surface area contributed by atoms with Gasteiger partial charge in [-0.2, -0.15) is 0 Å². The largest absolute Gasteiger partial charge is 0.490 e. The molecule has 1 amide bonds. The van der Waals surface area contributed by atoms with Crippen LogP contribution < -0.4 is 4.74 Å². The Labute approximate surface area is 170 Å². The second-order valence-electron chi connectivity index (χ2n) is 8.13. The summed E-state index contributed by atoms with van der Waals surface area (Å²) in [5, 5.41) is 11.4. The van der Waals surface area contributed by atoms with Crippen molar-refractivity contribution >= 4 is 5.91 Å². The molecule has 2 fully saturated rings. The van der Waals surface area contributed by atoms with Crippen LogP contribution in [-0.2, 0) is 9.53 Å². The van der Waals surface area contributed by atoms with Crippen molar-refractivity contribution in [3.63, 3.8) is 0 Å². The van der Waals surface area contributed by atoms with Gasteiger partial charge in [-0.1, -0.05) is 19.3 Å². The normalized spacial score (nSPS) is 24.3. The van der Waals surface area contributed by atoms with Crippen molar-refractivity contribution in [2.24, 2.45) is 0 Å². The highest BCUT2D eigenvalue weighted by Crippen LogP contribution is 2.27. The number of hydrogen-bond donors (Lipinski definition) is 1. The van der Waals surface area contributed by atoms with E-state index in [0.29, 0.717) is 25.7 Å². The van der Waals surface area contributed by atoms with E-state index < -0.39 is 17.2 Å². The van der Waals surface area contributed by atoms with Gasteiger partial charge >= 0.3 is 0 Å². The SMILES string of the molecule is COCC(=O)N1CCN(C2CCCCC2)C[C@@](O)(COc2cc(F)cc(F)c2)C1. The average Bonchev–Trinajstić information content (AvgIpc) is 2.86. The number of nitrogens with zero attached hydrogens (tertiary/aromatic N) is 2. The third-order valence-electron chi connectivity index (χ3n) is 5.69. The predicted molar refractivity (Wildman–Crippen MR) is 104 cm³/mol. The minimum absolute atomic E-state index is 0.0131. The van der Waals surface area contributed by atoms with E-state index >= 15 is 0 Å². The number of methoxy groups -OCH3 is 1. The standard InChI is InChI=1S/C21H30F2N2O4/c1-28-12-20(26)25-8-7-24(18-5-3-2-4-6-18)13-21(27,14-25)15-29-19-10-16(22)9-17(23)11-19/h9-11,18,27H,2-8,12-15H2,1H3/t21-/m0/s1. The van der Waals surface area contributed by atoms with Gasteiger partial charge in [-0.25, -0.2) is 8.78 Å². The number of ether oxygens (including phenoxy) is 2. The predicted octanol–water partition coefficient (Wildman–Crippen LogP) is 2.20. The minimum Gasteiger partial charge on any atom is -0.490 e. The van der Waals surface area contributed by atoms with Gasteiger partial charge in [-0.05, 0) is 12.8 Å². The molecule has 1 saturated heterocycles. The molecule has 1 aliphatic heterocycles. The molecule has 2 aliphatic rings. The lowest BCUT2D eigenvalue weighted by molar-refractivity contribution is -0.138. The summed E-state index contributed by atoms with van der Waals surface area (Å²) in [4.78, 5) is 16.2. The highest BCUT2D eigenvalue weighted by atomic mass is 19.1. The Balaban J connectivity index is 1.75. The van der Waals surface area contributed by atoms with Crippen molar-refractivity contribution in [3.8, 4) is 5.75 Å². The number of aliphatic hydroxyl groups is 1. The molecule has 0 aromatic heterocycles. The lowest BCUT2D eigenvalue weighted by atomic mass is 9.93. The summed E-state index contributed by atoms with van der Waals surface area (Å²) in [7, 11) is 1.46. The number of benzene rings is 1. The first-order valence-electron chi connectivity index (χ1n) is 10.2. The van der Waals surface area contributed by atoms with E-state index in [4.69, 9.17) is 9.47 Å². The molecular weight excluding hydrogens is 382 g/mol. The van der Waals surface area contributed by atoms with Gasteiger partial charge in [-0.3, -0.25) is 9.69 Å². The molecular formula is C21H30F2N2O4. The molecule has 8 heteroatoms. The smallest absolute Gasteiger partial charge is 0.248 e. The van der Waals surface area contributed by atoms with Crippen molar-refractivity contribution in [1.82, 2.24) is 9.80 Å². The maximum atomic E-state index is 13.5. The second kappa shape index (κ2) is 9.82. The van der Waals surface area contributed by atoms with Gasteiger partial charge in [0.1, 0.15) is 36.2 Å². The lowest BCUT2D eigenvalue weighted by Gasteiger charge is -2.37. The van der Waals surface area contributed by atoms with Crippen molar-refractivity contribution in [2.75, 3.05) is 46.5 Å². The van der Waals surface area contributed by atoms with E-state index in [2.05, 4.69) is 4.90 Å². The first kappa shape index (κ1) is 21.9. The van der Waals surface area contributed by atoms with Gasteiger partial charge in [0.05, 0.1) is 6.54 Å². The number of amides is 1. The van der Waals surface area contributed by atoms with Crippen LogP contribution in [0.5, 0.6) is 5.75 Å². The zero-order valence-corrected chi connectivity index (χ0v) is 16.9. The summed E-state index contributed by atoms with van der Waals surface area (Å²) in [6.07, 6.45) is 5.67. The summed E-state index contributed by atoms with van der Waals surface area (Å²) >= 11 is 0. The Morgan fingerprint density at radius 2 is 1.83 bits per heavy atom. The first-order chi connectivity index (χ1) is 13.9. The third kappa shape index (κ3) is 6.10. The molecule has 6 nitrogen and oxygen atoms in total. The molecule has 1 aliphatic carbocycles. The summed E-state index contributed by atoms with van der Waals surface area (Å²) < 4.78 is 37.4. The summed E-state index contributed by atoms with van der Waals surface area (Å²) in [6, 6.07) is 3.29. The molecule has 0 bridgehead atoms. The Hall–Kier alpha value is -1.77. The molecule has 0 unspecified atom stereocenters. The zero-order valence-electron chi connectivity index (χ0n) is 16.9. The van der Waals surface area contributed by atoms with E-state index in [1.54, 1.807) is 4.90 Å². The molecule has 1 aromatic rings. The summed E-state index contributed by atoms with van der Waals surface area (Å²) in [5.74, 6) is -1.67. The summed E-state index contributed by atoms with van der Waals surface area (Å²) in [5.41, 5.74) is -1.36. The highest BCUT2D eigenvalue weighted by Gasteiger charge is 2.39. The van der Waals surface area contributed by atoms with Gasteiger partial charge in [-0.15, -0.1) is 0 Å². The van der Waals surface area contributed by atoms with Gasteiger partial charge in [0.2, 0.25) is 5.91 Å². The Bertz CT molecular complexity index is 679. The molecule has 29 heavy (non-hydrogen) atoms. The van der Waals surface area contributed by atoms with E-state index in [1.165, 1.54) is 13.5 Å².